The molecule has 0 aliphatic heterocycles. The summed E-state index contributed by atoms with van der Waals surface area (Å²) in [7, 11) is 0. The van der Waals surface area contributed by atoms with Gasteiger partial charge in [-0.2, -0.15) is 0 Å². The average molecular weight is 592 g/mol. The molecule has 41 heavy (non-hydrogen) atoms. The molecular formula is C32H20CuN2O6. The van der Waals surface area contributed by atoms with Crippen molar-refractivity contribution in [3.05, 3.63) is 116 Å². The van der Waals surface area contributed by atoms with Crippen LogP contribution in [0.25, 0.3) is 32.7 Å². The van der Waals surface area contributed by atoms with Crippen molar-refractivity contribution in [2.45, 2.75) is 13.8 Å². The maximum atomic E-state index is 12.7. The number of hydrogen-bond acceptors (Lipinski definition) is 8. The van der Waals surface area contributed by atoms with Crippen molar-refractivity contribution in [3.63, 3.8) is 0 Å². The van der Waals surface area contributed by atoms with E-state index in [-0.39, 0.29) is 50.9 Å². The third kappa shape index (κ3) is 5.04. The van der Waals surface area contributed by atoms with Gasteiger partial charge in [-0.3, -0.25) is 9.98 Å². The second-order valence-corrected chi connectivity index (χ2v) is 9.37. The van der Waals surface area contributed by atoms with Gasteiger partial charge in [-0.15, -0.1) is 0 Å². The maximum Gasteiger partial charge on any atom is 2.00 e. The van der Waals surface area contributed by atoms with Crippen molar-refractivity contribution < 1.29 is 36.1 Å². The smallest absolute Gasteiger partial charge is 0.872 e. The number of fused-ring (bicyclic) bond motifs is 3. The molecule has 1 radical (unpaired) electrons. The molecule has 4 aromatic carbocycles. The number of aliphatic imine (C=N–C) groups is 2. The molecule has 0 saturated heterocycles. The van der Waals surface area contributed by atoms with Gasteiger partial charge in [0.25, 0.3) is 0 Å². The SMILES string of the molecule is Cc1cc(=O)oc2c(C=Nc3cccc4cccc(N=Cc5c([O-])ccc6c(C)cc(=O)oc56)c34)c([O-])ccc12.[Cu+2]. The van der Waals surface area contributed by atoms with E-state index in [4.69, 9.17) is 8.83 Å². The molecule has 2 heterocycles. The van der Waals surface area contributed by atoms with Crippen LogP contribution in [0.4, 0.5) is 11.4 Å². The van der Waals surface area contributed by atoms with Gasteiger partial charge in [0, 0.05) is 51.8 Å². The Morgan fingerprint density at radius 1 is 0.659 bits per heavy atom. The Morgan fingerprint density at radius 2 is 1.10 bits per heavy atom. The molecule has 205 valence electrons. The van der Waals surface area contributed by atoms with Gasteiger partial charge < -0.3 is 19.0 Å². The van der Waals surface area contributed by atoms with Gasteiger partial charge in [0.2, 0.25) is 0 Å². The van der Waals surface area contributed by atoms with Crippen LogP contribution >= 0.6 is 0 Å². The summed E-state index contributed by atoms with van der Waals surface area (Å²) in [4.78, 5) is 33.2. The summed E-state index contributed by atoms with van der Waals surface area (Å²) < 4.78 is 10.7. The zero-order valence-corrected chi connectivity index (χ0v) is 22.7. The van der Waals surface area contributed by atoms with Crippen LogP contribution in [0.3, 0.4) is 0 Å². The molecule has 0 aliphatic rings. The zero-order chi connectivity index (χ0) is 28.0. The van der Waals surface area contributed by atoms with E-state index in [9.17, 15) is 19.8 Å². The van der Waals surface area contributed by atoms with E-state index in [1.165, 1.54) is 36.7 Å². The number of nitrogens with zero attached hydrogens (tertiary/aromatic N) is 2. The molecular weight excluding hydrogens is 572 g/mol. The van der Waals surface area contributed by atoms with Crippen LogP contribution in [0.15, 0.2) is 101 Å². The average Bonchev–Trinajstić information content (AvgIpc) is 2.91. The van der Waals surface area contributed by atoms with Crippen LogP contribution in [-0.4, -0.2) is 12.4 Å². The van der Waals surface area contributed by atoms with E-state index in [1.54, 1.807) is 38.1 Å². The fourth-order valence-corrected chi connectivity index (χ4v) is 4.80. The first-order valence-electron chi connectivity index (χ1n) is 12.4. The zero-order valence-electron chi connectivity index (χ0n) is 21.7. The van der Waals surface area contributed by atoms with Gasteiger partial charge in [-0.1, -0.05) is 60.0 Å². The summed E-state index contributed by atoms with van der Waals surface area (Å²) in [6, 6.07) is 19.8. The van der Waals surface area contributed by atoms with E-state index < -0.39 is 11.3 Å². The van der Waals surface area contributed by atoms with Crippen molar-refractivity contribution in [3.8, 4) is 11.5 Å². The van der Waals surface area contributed by atoms with E-state index in [0.29, 0.717) is 38.7 Å². The van der Waals surface area contributed by atoms with Gasteiger partial charge in [0.05, 0.1) is 11.4 Å². The van der Waals surface area contributed by atoms with Crippen molar-refractivity contribution in [2.75, 3.05) is 0 Å². The van der Waals surface area contributed by atoms with Crippen molar-refractivity contribution in [1.29, 1.82) is 0 Å². The van der Waals surface area contributed by atoms with Crippen LogP contribution in [-0.2, 0) is 17.1 Å². The normalized spacial score (nSPS) is 11.7. The Bertz CT molecular complexity index is 2010. The third-order valence-electron chi connectivity index (χ3n) is 6.76. The number of hydrogen-bond donors (Lipinski definition) is 0. The fourth-order valence-electron chi connectivity index (χ4n) is 4.80. The Kier molecular flexibility index (Phi) is 7.32. The van der Waals surface area contributed by atoms with Crippen molar-refractivity contribution in [2.24, 2.45) is 9.98 Å². The second kappa shape index (κ2) is 10.9. The monoisotopic (exact) mass is 591 g/mol. The predicted molar refractivity (Wildman–Crippen MR) is 152 cm³/mol. The van der Waals surface area contributed by atoms with Gasteiger partial charge in [0.15, 0.2) is 0 Å². The van der Waals surface area contributed by atoms with Gasteiger partial charge in [0.1, 0.15) is 11.2 Å². The van der Waals surface area contributed by atoms with Gasteiger partial charge in [-0.05, 0) is 42.5 Å². The summed E-state index contributed by atoms with van der Waals surface area (Å²) in [5, 5.41) is 28.2. The molecule has 2 aromatic heterocycles. The molecule has 0 atom stereocenters. The summed E-state index contributed by atoms with van der Waals surface area (Å²) in [6.07, 6.45) is 2.78. The van der Waals surface area contributed by atoms with Crippen molar-refractivity contribution in [1.82, 2.24) is 0 Å². The largest absolute Gasteiger partial charge is 2.00 e. The van der Waals surface area contributed by atoms with Crippen molar-refractivity contribution >= 4 is 56.5 Å². The summed E-state index contributed by atoms with van der Waals surface area (Å²) in [6.45, 7) is 3.55. The Hall–Kier alpha value is -4.98. The molecule has 0 bridgehead atoms. The van der Waals surface area contributed by atoms with Gasteiger partial charge in [-0.25, -0.2) is 9.59 Å². The van der Waals surface area contributed by atoms with Crippen LogP contribution in [0, 0.1) is 13.8 Å². The minimum Gasteiger partial charge on any atom is -0.872 e. The quantitative estimate of drug-likeness (QED) is 0.155. The van der Waals surface area contributed by atoms with Gasteiger partial charge >= 0.3 is 28.3 Å². The maximum absolute atomic E-state index is 12.7. The molecule has 6 rings (SSSR count). The standard InChI is InChI=1S/C32H22N2O6.Cu/c1-17-13-28(37)39-31-20(17)9-11-26(35)22(31)15-33-24-7-3-5-19-6-4-8-25(30(19)24)34-16-23-27(36)12-10-21-18(2)14-29(38)40-32(21)23;/h3-16,35-36H,1-2H3;/q;+2/p-2. The number of benzene rings is 4. The first-order chi connectivity index (χ1) is 19.3. The minimum absolute atomic E-state index is 0. The molecule has 0 saturated carbocycles. The minimum atomic E-state index is -0.552. The van der Waals surface area contributed by atoms with Crippen LogP contribution in [0.5, 0.6) is 11.5 Å². The van der Waals surface area contributed by atoms with E-state index in [0.717, 1.165) is 5.39 Å². The second-order valence-electron chi connectivity index (χ2n) is 9.37. The van der Waals surface area contributed by atoms with E-state index in [2.05, 4.69) is 9.98 Å². The Labute approximate surface area is 243 Å². The molecule has 8 nitrogen and oxygen atoms in total. The summed E-state index contributed by atoms with van der Waals surface area (Å²) >= 11 is 0. The van der Waals surface area contributed by atoms with Crippen LogP contribution in [0.1, 0.15) is 22.3 Å². The molecule has 0 N–H and O–H groups in total. The third-order valence-corrected chi connectivity index (χ3v) is 6.76. The van der Waals surface area contributed by atoms with E-state index in [1.807, 2.05) is 24.3 Å². The molecule has 0 fully saturated rings. The first kappa shape index (κ1) is 27.6. The summed E-state index contributed by atoms with van der Waals surface area (Å²) in [5.74, 6) is -0.668. The first-order valence-corrected chi connectivity index (χ1v) is 12.4. The molecule has 0 aliphatic carbocycles. The number of aryl methyl sites for hydroxylation is 2. The summed E-state index contributed by atoms with van der Waals surface area (Å²) in [5.41, 5.74) is 1.99. The predicted octanol–water partition coefficient (Wildman–Crippen LogP) is 5.32. The van der Waals surface area contributed by atoms with Crippen LogP contribution < -0.4 is 21.5 Å². The molecule has 9 heteroatoms. The topological polar surface area (TPSA) is 131 Å². The molecule has 6 aromatic rings. The molecule has 0 spiro atoms. The Morgan fingerprint density at radius 3 is 1.54 bits per heavy atom. The number of rotatable bonds is 4. The molecule has 0 unspecified atom stereocenters. The fraction of sp³-hybridized carbons (Fsp3) is 0.0625. The molecule has 0 amide bonds. The van der Waals surface area contributed by atoms with E-state index >= 15 is 0 Å². The Balaban J connectivity index is 0.00000337. The van der Waals surface area contributed by atoms with Crippen LogP contribution in [0.2, 0.25) is 0 Å².